The van der Waals surface area contributed by atoms with Gasteiger partial charge in [-0.3, -0.25) is 9.78 Å². The highest BCUT2D eigenvalue weighted by atomic mass is 16.5. The van der Waals surface area contributed by atoms with E-state index in [-0.39, 0.29) is 36.2 Å². The molecule has 98 valence electrons. The van der Waals surface area contributed by atoms with E-state index < -0.39 is 0 Å². The lowest BCUT2D eigenvalue weighted by molar-refractivity contribution is -0.0859. The summed E-state index contributed by atoms with van der Waals surface area (Å²) >= 11 is 0. The van der Waals surface area contributed by atoms with Crippen LogP contribution in [-0.2, 0) is 4.74 Å². The van der Waals surface area contributed by atoms with Gasteiger partial charge in [-0.05, 0) is 6.92 Å². The molecule has 1 amide bonds. The first-order valence-electron chi connectivity index (χ1n) is 5.73. The summed E-state index contributed by atoms with van der Waals surface area (Å²) in [6.07, 6.45) is 2.29. The minimum absolute atomic E-state index is 0.114. The van der Waals surface area contributed by atoms with Crippen LogP contribution in [0.25, 0.3) is 0 Å². The number of ether oxygens (including phenoxy) is 1. The molecular weight excluding hydrogens is 236 g/mol. The summed E-state index contributed by atoms with van der Waals surface area (Å²) in [6, 6.07) is 0. The van der Waals surface area contributed by atoms with Gasteiger partial charge in [-0.25, -0.2) is 4.98 Å². The Hall–Kier alpha value is -1.73. The van der Waals surface area contributed by atoms with E-state index >= 15 is 0 Å². The molecule has 1 aromatic rings. The van der Waals surface area contributed by atoms with Gasteiger partial charge in [0.25, 0.3) is 5.91 Å². The maximum atomic E-state index is 12.2. The van der Waals surface area contributed by atoms with Gasteiger partial charge in [-0.15, -0.1) is 0 Å². The summed E-state index contributed by atoms with van der Waals surface area (Å²) in [6.45, 7) is 2.55. The summed E-state index contributed by atoms with van der Waals surface area (Å²) in [5.41, 5.74) is 5.71. The van der Waals surface area contributed by atoms with Crippen molar-refractivity contribution in [3.05, 3.63) is 18.1 Å². The number of carbonyl (C=O) groups excluding carboxylic acids is 1. The fourth-order valence-corrected chi connectivity index (χ4v) is 1.96. The quantitative estimate of drug-likeness (QED) is 0.720. The molecule has 0 aromatic carbocycles. The van der Waals surface area contributed by atoms with Crippen LogP contribution in [0.2, 0.25) is 0 Å². The molecule has 3 N–H and O–H groups in total. The molecule has 1 aromatic heterocycles. The van der Waals surface area contributed by atoms with Crippen molar-refractivity contribution in [3.8, 4) is 0 Å². The van der Waals surface area contributed by atoms with E-state index in [1.165, 1.54) is 12.4 Å². The van der Waals surface area contributed by atoms with Gasteiger partial charge in [0.05, 0.1) is 31.2 Å². The number of aliphatic hydroxyl groups is 1. The zero-order chi connectivity index (χ0) is 13.1. The monoisotopic (exact) mass is 252 g/mol. The number of nitrogens with zero attached hydrogens (tertiary/aromatic N) is 3. The predicted octanol–water partition coefficient (Wildman–Crippen LogP) is -0.719. The van der Waals surface area contributed by atoms with Gasteiger partial charge >= 0.3 is 0 Å². The highest BCUT2D eigenvalue weighted by molar-refractivity contribution is 5.92. The predicted molar refractivity (Wildman–Crippen MR) is 63.8 cm³/mol. The van der Waals surface area contributed by atoms with Gasteiger partial charge in [0.2, 0.25) is 0 Å². The van der Waals surface area contributed by atoms with Crippen LogP contribution in [0.4, 0.5) is 5.82 Å². The average Bonchev–Trinajstić information content (AvgIpc) is 2.37. The highest BCUT2D eigenvalue weighted by Crippen LogP contribution is 2.13. The van der Waals surface area contributed by atoms with E-state index in [1.807, 2.05) is 6.92 Å². The van der Waals surface area contributed by atoms with Gasteiger partial charge in [0.1, 0.15) is 11.5 Å². The second-order valence-electron chi connectivity index (χ2n) is 4.29. The Morgan fingerprint density at radius 3 is 3.06 bits per heavy atom. The fraction of sp³-hybridized carbons (Fsp3) is 0.545. The number of anilines is 1. The van der Waals surface area contributed by atoms with Gasteiger partial charge < -0.3 is 20.5 Å². The molecule has 7 heteroatoms. The van der Waals surface area contributed by atoms with Crippen molar-refractivity contribution >= 4 is 11.7 Å². The number of nitrogen functional groups attached to an aromatic ring is 1. The Morgan fingerprint density at radius 2 is 2.39 bits per heavy atom. The lowest BCUT2D eigenvalue weighted by Crippen LogP contribution is -2.50. The first-order chi connectivity index (χ1) is 8.60. The number of rotatable bonds is 2. The van der Waals surface area contributed by atoms with Gasteiger partial charge in [0.15, 0.2) is 0 Å². The summed E-state index contributed by atoms with van der Waals surface area (Å²) in [4.78, 5) is 21.6. The summed E-state index contributed by atoms with van der Waals surface area (Å²) in [7, 11) is 0. The summed E-state index contributed by atoms with van der Waals surface area (Å²) in [5, 5.41) is 9.11. The Bertz CT molecular complexity index is 440. The molecule has 1 aliphatic heterocycles. The van der Waals surface area contributed by atoms with Gasteiger partial charge in [0, 0.05) is 13.1 Å². The molecule has 2 rings (SSSR count). The molecule has 1 fully saturated rings. The Kier molecular flexibility index (Phi) is 3.73. The van der Waals surface area contributed by atoms with Crippen LogP contribution < -0.4 is 5.73 Å². The Labute approximate surface area is 105 Å². The third kappa shape index (κ3) is 2.74. The molecule has 7 nitrogen and oxygen atoms in total. The third-order valence-corrected chi connectivity index (χ3v) is 2.69. The third-order valence-electron chi connectivity index (χ3n) is 2.69. The van der Waals surface area contributed by atoms with E-state index in [0.717, 1.165) is 0 Å². The molecule has 2 unspecified atom stereocenters. The van der Waals surface area contributed by atoms with Crippen LogP contribution in [0.1, 0.15) is 17.4 Å². The minimum Gasteiger partial charge on any atom is -0.394 e. The molecule has 0 bridgehead atoms. The smallest absolute Gasteiger partial charge is 0.274 e. The number of hydrogen-bond acceptors (Lipinski definition) is 6. The van der Waals surface area contributed by atoms with E-state index in [0.29, 0.717) is 13.1 Å². The molecule has 1 aliphatic rings. The van der Waals surface area contributed by atoms with Crippen molar-refractivity contribution in [2.45, 2.75) is 19.1 Å². The maximum Gasteiger partial charge on any atom is 0.274 e. The second kappa shape index (κ2) is 5.28. The summed E-state index contributed by atoms with van der Waals surface area (Å²) in [5.74, 6) is -0.0377. The van der Waals surface area contributed by atoms with E-state index in [2.05, 4.69) is 9.97 Å². The van der Waals surface area contributed by atoms with Gasteiger partial charge in [-0.1, -0.05) is 0 Å². The molecule has 2 atom stereocenters. The zero-order valence-corrected chi connectivity index (χ0v) is 10.1. The zero-order valence-electron chi connectivity index (χ0n) is 10.1. The number of morpholine rings is 1. The number of aliphatic hydroxyl groups excluding tert-OH is 1. The average molecular weight is 252 g/mol. The van der Waals surface area contributed by atoms with Crippen molar-refractivity contribution in [3.63, 3.8) is 0 Å². The number of carbonyl (C=O) groups is 1. The van der Waals surface area contributed by atoms with Crippen molar-refractivity contribution in [1.29, 1.82) is 0 Å². The second-order valence-corrected chi connectivity index (χ2v) is 4.29. The fourth-order valence-electron chi connectivity index (χ4n) is 1.96. The van der Waals surface area contributed by atoms with Crippen LogP contribution >= 0.6 is 0 Å². The topological polar surface area (TPSA) is 102 Å². The number of aromatic nitrogens is 2. The maximum absolute atomic E-state index is 12.2. The van der Waals surface area contributed by atoms with Crippen molar-refractivity contribution in [1.82, 2.24) is 14.9 Å². The summed E-state index contributed by atoms with van der Waals surface area (Å²) < 4.78 is 5.47. The first-order valence-corrected chi connectivity index (χ1v) is 5.73. The SMILES string of the molecule is CC1CN(C(=O)c2cncc(N)n2)CC(CO)O1. The van der Waals surface area contributed by atoms with E-state index in [1.54, 1.807) is 4.90 Å². The number of amides is 1. The van der Waals surface area contributed by atoms with Gasteiger partial charge in [-0.2, -0.15) is 0 Å². The molecule has 0 aliphatic carbocycles. The lowest BCUT2D eigenvalue weighted by atomic mass is 10.2. The van der Waals surface area contributed by atoms with E-state index in [4.69, 9.17) is 15.6 Å². The largest absolute Gasteiger partial charge is 0.394 e. The standard InChI is InChI=1S/C11H16N4O3/c1-7-4-15(5-8(6-16)18-7)11(17)9-2-13-3-10(12)14-9/h2-3,7-8,16H,4-6H2,1H3,(H2,12,14). The minimum atomic E-state index is -0.355. The Morgan fingerprint density at radius 1 is 1.61 bits per heavy atom. The molecule has 0 radical (unpaired) electrons. The number of nitrogens with two attached hydrogens (primary N) is 1. The molecule has 18 heavy (non-hydrogen) atoms. The normalized spacial score (nSPS) is 24.0. The van der Waals surface area contributed by atoms with Crippen molar-refractivity contribution in [2.24, 2.45) is 0 Å². The van der Waals surface area contributed by atoms with Crippen LogP contribution in [-0.4, -0.2) is 57.8 Å². The highest BCUT2D eigenvalue weighted by Gasteiger charge is 2.29. The lowest BCUT2D eigenvalue weighted by Gasteiger charge is -2.35. The van der Waals surface area contributed by atoms with Crippen molar-refractivity contribution < 1.29 is 14.6 Å². The molecule has 1 saturated heterocycles. The molecule has 0 saturated carbocycles. The Balaban J connectivity index is 2.13. The molecule has 0 spiro atoms. The first kappa shape index (κ1) is 12.7. The molecular formula is C11H16N4O3. The van der Waals surface area contributed by atoms with Crippen molar-refractivity contribution in [2.75, 3.05) is 25.4 Å². The van der Waals surface area contributed by atoms with Crippen LogP contribution in [0.5, 0.6) is 0 Å². The van der Waals surface area contributed by atoms with Crippen LogP contribution in [0, 0.1) is 0 Å². The van der Waals surface area contributed by atoms with Crippen LogP contribution in [0.15, 0.2) is 12.4 Å². The van der Waals surface area contributed by atoms with E-state index in [9.17, 15) is 4.79 Å². The number of hydrogen-bond donors (Lipinski definition) is 2. The van der Waals surface area contributed by atoms with Crippen LogP contribution in [0.3, 0.4) is 0 Å². The molecule has 2 heterocycles.